The second kappa shape index (κ2) is 9.09. The third-order valence-electron chi connectivity index (χ3n) is 5.32. The molecule has 2 aromatic rings. The highest BCUT2D eigenvalue weighted by Gasteiger charge is 2.37. The highest BCUT2D eigenvalue weighted by Crippen LogP contribution is 2.28. The van der Waals surface area contributed by atoms with Crippen LogP contribution in [0.5, 0.6) is 0 Å². The van der Waals surface area contributed by atoms with Crippen molar-refractivity contribution in [1.29, 1.82) is 0 Å². The molecule has 29 heavy (non-hydrogen) atoms. The van der Waals surface area contributed by atoms with Gasteiger partial charge < -0.3 is 9.42 Å². The zero-order valence-electron chi connectivity index (χ0n) is 17.3. The minimum Gasteiger partial charge on any atom is -0.360 e. The molecule has 7 nitrogen and oxygen atoms in total. The van der Waals surface area contributed by atoms with Gasteiger partial charge in [0.15, 0.2) is 5.76 Å². The van der Waals surface area contributed by atoms with E-state index in [0.29, 0.717) is 38.2 Å². The minimum atomic E-state index is -3.74. The molecule has 0 radical (unpaired) electrons. The van der Waals surface area contributed by atoms with Crippen LogP contribution in [-0.2, 0) is 21.4 Å². The number of hydrogen-bond donors (Lipinski definition) is 0. The lowest BCUT2D eigenvalue weighted by atomic mass is 9.97. The number of carbonyl (C=O) groups is 1. The number of aryl methyl sites for hydroxylation is 2. The first-order chi connectivity index (χ1) is 13.8. The molecule has 0 N–H and O–H groups in total. The molecule has 1 saturated heterocycles. The van der Waals surface area contributed by atoms with Crippen molar-refractivity contribution >= 4 is 15.9 Å². The van der Waals surface area contributed by atoms with Crippen molar-refractivity contribution in [3.05, 3.63) is 47.3 Å². The predicted octanol–water partition coefficient (Wildman–Crippen LogP) is 3.13. The van der Waals surface area contributed by atoms with Gasteiger partial charge in [-0.15, -0.1) is 0 Å². The fourth-order valence-corrected chi connectivity index (χ4v) is 5.75. The lowest BCUT2D eigenvalue weighted by Crippen LogP contribution is -2.46. The van der Waals surface area contributed by atoms with E-state index < -0.39 is 10.0 Å². The quantitative estimate of drug-likeness (QED) is 0.688. The average Bonchev–Trinajstić information content (AvgIpc) is 3.07. The third kappa shape index (κ3) is 4.70. The van der Waals surface area contributed by atoms with Gasteiger partial charge in [-0.2, -0.15) is 4.31 Å². The molecule has 0 bridgehead atoms. The number of carbonyl (C=O) groups excluding carboxylic acids is 1. The number of sulfonamides is 1. The van der Waals surface area contributed by atoms with Gasteiger partial charge in [-0.1, -0.05) is 42.4 Å². The molecule has 1 amide bonds. The highest BCUT2D eigenvalue weighted by molar-refractivity contribution is 7.89. The normalized spacial score (nSPS) is 18.0. The molecule has 0 spiro atoms. The summed E-state index contributed by atoms with van der Waals surface area (Å²) in [6.45, 7) is 7.06. The predicted molar refractivity (Wildman–Crippen MR) is 110 cm³/mol. The van der Waals surface area contributed by atoms with Crippen LogP contribution in [0.3, 0.4) is 0 Å². The van der Waals surface area contributed by atoms with Gasteiger partial charge in [-0.05, 0) is 38.7 Å². The van der Waals surface area contributed by atoms with Crippen molar-refractivity contribution in [3.63, 3.8) is 0 Å². The molecular formula is C21H29N3O4S. The van der Waals surface area contributed by atoms with E-state index in [1.54, 1.807) is 13.8 Å². The summed E-state index contributed by atoms with van der Waals surface area (Å²) >= 11 is 0. The molecule has 1 aromatic heterocycles. The molecule has 0 saturated carbocycles. The van der Waals surface area contributed by atoms with Gasteiger partial charge in [0.2, 0.25) is 15.9 Å². The lowest BCUT2D eigenvalue weighted by Gasteiger charge is -2.34. The van der Waals surface area contributed by atoms with Gasteiger partial charge in [0, 0.05) is 26.2 Å². The summed E-state index contributed by atoms with van der Waals surface area (Å²) in [6, 6.07) is 9.88. The first-order valence-electron chi connectivity index (χ1n) is 10.1. The van der Waals surface area contributed by atoms with E-state index in [0.717, 1.165) is 12.0 Å². The van der Waals surface area contributed by atoms with E-state index in [9.17, 15) is 13.2 Å². The van der Waals surface area contributed by atoms with Crippen molar-refractivity contribution in [2.75, 3.05) is 19.6 Å². The molecule has 3 rings (SSSR count). The molecule has 1 atom stereocenters. The van der Waals surface area contributed by atoms with Crippen LogP contribution in [-0.4, -0.2) is 48.3 Å². The Morgan fingerprint density at radius 3 is 2.62 bits per heavy atom. The Bertz CT molecular complexity index is 921. The molecule has 0 aliphatic carbocycles. The largest absolute Gasteiger partial charge is 0.360 e. The maximum Gasteiger partial charge on any atom is 0.248 e. The van der Waals surface area contributed by atoms with E-state index >= 15 is 0 Å². The van der Waals surface area contributed by atoms with Crippen LogP contribution in [0, 0.1) is 19.8 Å². The van der Waals surface area contributed by atoms with Crippen LogP contribution in [0.25, 0.3) is 0 Å². The van der Waals surface area contributed by atoms with Crippen molar-refractivity contribution in [2.45, 2.75) is 51.5 Å². The van der Waals surface area contributed by atoms with Crippen LogP contribution in [0.15, 0.2) is 39.8 Å². The Morgan fingerprint density at radius 2 is 2.00 bits per heavy atom. The lowest BCUT2D eigenvalue weighted by molar-refractivity contribution is -0.137. The number of hydrogen-bond acceptors (Lipinski definition) is 5. The fraction of sp³-hybridized carbons (Fsp3) is 0.524. The summed E-state index contributed by atoms with van der Waals surface area (Å²) < 4.78 is 32.8. The first kappa shape index (κ1) is 21.5. The van der Waals surface area contributed by atoms with Gasteiger partial charge >= 0.3 is 0 Å². The van der Waals surface area contributed by atoms with E-state index in [2.05, 4.69) is 5.16 Å². The highest BCUT2D eigenvalue weighted by atomic mass is 32.2. The van der Waals surface area contributed by atoms with Gasteiger partial charge in [0.25, 0.3) is 0 Å². The second-order valence-electron chi connectivity index (χ2n) is 7.60. The maximum atomic E-state index is 13.3. The summed E-state index contributed by atoms with van der Waals surface area (Å²) in [4.78, 5) is 15.2. The Hall–Kier alpha value is -2.19. The molecule has 1 aliphatic heterocycles. The van der Waals surface area contributed by atoms with E-state index in [4.69, 9.17) is 4.52 Å². The summed E-state index contributed by atoms with van der Waals surface area (Å²) in [6.07, 6.45) is 2.21. The Kier molecular flexibility index (Phi) is 6.74. The van der Waals surface area contributed by atoms with Gasteiger partial charge in [0.05, 0.1) is 5.92 Å². The smallest absolute Gasteiger partial charge is 0.248 e. The standard InChI is InChI=1S/C21H29N3O4S/c1-4-12-23(14-18-9-6-5-7-10-18)21(25)19-11-8-13-24(15-19)29(26,27)20-16(2)22-28-17(20)3/h5-7,9-10,19H,4,8,11-15H2,1-3H3. The Labute approximate surface area is 172 Å². The van der Waals surface area contributed by atoms with Gasteiger partial charge in [0.1, 0.15) is 10.6 Å². The van der Waals surface area contributed by atoms with Crippen molar-refractivity contribution in [1.82, 2.24) is 14.4 Å². The van der Waals surface area contributed by atoms with Crippen LogP contribution in [0.4, 0.5) is 0 Å². The SMILES string of the molecule is CCCN(Cc1ccccc1)C(=O)C1CCCN(S(=O)(=O)c2c(C)noc2C)C1. The zero-order valence-corrected chi connectivity index (χ0v) is 18.1. The molecule has 1 fully saturated rings. The molecule has 8 heteroatoms. The summed E-state index contributed by atoms with van der Waals surface area (Å²) in [5, 5.41) is 3.77. The monoisotopic (exact) mass is 419 g/mol. The fourth-order valence-electron chi connectivity index (χ4n) is 3.93. The first-order valence-corrected chi connectivity index (χ1v) is 11.5. The molecule has 2 heterocycles. The number of nitrogens with zero attached hydrogens (tertiary/aromatic N) is 3. The van der Waals surface area contributed by atoms with E-state index in [1.807, 2.05) is 42.2 Å². The number of aromatic nitrogens is 1. The third-order valence-corrected chi connectivity index (χ3v) is 7.43. The molecule has 1 aliphatic rings. The Morgan fingerprint density at radius 1 is 1.28 bits per heavy atom. The van der Waals surface area contributed by atoms with Gasteiger partial charge in [-0.3, -0.25) is 4.79 Å². The summed E-state index contributed by atoms with van der Waals surface area (Å²) in [7, 11) is -3.74. The Balaban J connectivity index is 1.77. The van der Waals surface area contributed by atoms with Crippen molar-refractivity contribution in [3.8, 4) is 0 Å². The second-order valence-corrected chi connectivity index (χ2v) is 9.48. The van der Waals surface area contributed by atoms with E-state index in [1.165, 1.54) is 4.31 Å². The molecule has 158 valence electrons. The summed E-state index contributed by atoms with van der Waals surface area (Å²) in [5.74, 6) is -0.0312. The zero-order chi connectivity index (χ0) is 21.0. The van der Waals surface area contributed by atoms with Gasteiger partial charge in [-0.25, -0.2) is 8.42 Å². The molecule has 1 aromatic carbocycles. The maximum absolute atomic E-state index is 13.3. The van der Waals surface area contributed by atoms with Crippen LogP contribution < -0.4 is 0 Å². The number of piperidine rings is 1. The average molecular weight is 420 g/mol. The topological polar surface area (TPSA) is 83.7 Å². The number of rotatable bonds is 7. The molecule has 1 unspecified atom stereocenters. The number of benzene rings is 1. The summed E-state index contributed by atoms with van der Waals surface area (Å²) in [5.41, 5.74) is 1.43. The van der Waals surface area contributed by atoms with Crippen LogP contribution in [0.1, 0.15) is 43.2 Å². The van der Waals surface area contributed by atoms with Crippen LogP contribution >= 0.6 is 0 Å². The van der Waals surface area contributed by atoms with E-state index in [-0.39, 0.29) is 29.0 Å². The molecular weight excluding hydrogens is 390 g/mol. The van der Waals surface area contributed by atoms with Crippen LogP contribution in [0.2, 0.25) is 0 Å². The van der Waals surface area contributed by atoms with Crippen molar-refractivity contribution < 1.29 is 17.7 Å². The van der Waals surface area contributed by atoms with Crippen molar-refractivity contribution in [2.24, 2.45) is 5.92 Å². The number of amides is 1. The minimum absolute atomic E-state index is 0.0226.